The minimum absolute atomic E-state index is 0.0863. The summed E-state index contributed by atoms with van der Waals surface area (Å²) in [6.45, 7) is 6.74. The number of nitrogens with one attached hydrogen (secondary N) is 1. The lowest BCUT2D eigenvalue weighted by Gasteiger charge is -2.19. The van der Waals surface area contributed by atoms with Crippen molar-refractivity contribution < 1.29 is 9.90 Å². The van der Waals surface area contributed by atoms with Crippen LogP contribution in [0.15, 0.2) is 24.3 Å². The molecule has 0 saturated carbocycles. The Kier molecular flexibility index (Phi) is 6.56. The van der Waals surface area contributed by atoms with Gasteiger partial charge in [0.05, 0.1) is 6.10 Å². The lowest BCUT2D eigenvalue weighted by Crippen LogP contribution is -2.32. The molecule has 3 nitrogen and oxygen atoms in total. The van der Waals surface area contributed by atoms with E-state index in [2.05, 4.69) is 26.1 Å². The molecule has 0 radical (unpaired) electrons. The molecule has 0 bridgehead atoms. The minimum atomic E-state index is -0.472. The third-order valence-corrected chi connectivity index (χ3v) is 3.81. The molecule has 1 rings (SSSR count). The van der Waals surface area contributed by atoms with Crippen LogP contribution < -0.4 is 5.32 Å². The van der Waals surface area contributed by atoms with Gasteiger partial charge in [0.25, 0.3) is 5.91 Å². The second-order valence-electron chi connectivity index (χ2n) is 5.97. The number of amides is 1. The molecule has 1 aromatic carbocycles. The standard InChI is InChI=1S/C16H25NO2S/c1-16(2,3)13-7-5-12(6-8-13)15(19)17-11-14(18)9-10-20-4/h5-8,14,18H,9-11H2,1-4H3,(H,17,19). The van der Waals surface area contributed by atoms with E-state index in [1.807, 2.05) is 30.5 Å². The van der Waals surface area contributed by atoms with Crippen LogP contribution in [0.4, 0.5) is 0 Å². The first kappa shape index (κ1) is 17.1. The molecular formula is C16H25NO2S. The predicted molar refractivity (Wildman–Crippen MR) is 86.5 cm³/mol. The molecule has 20 heavy (non-hydrogen) atoms. The molecule has 0 aliphatic rings. The van der Waals surface area contributed by atoms with Gasteiger partial charge in [-0.1, -0.05) is 32.9 Å². The van der Waals surface area contributed by atoms with Gasteiger partial charge in [-0.15, -0.1) is 0 Å². The van der Waals surface area contributed by atoms with Crippen LogP contribution in [-0.2, 0) is 5.41 Å². The highest BCUT2D eigenvalue weighted by molar-refractivity contribution is 7.98. The molecule has 0 heterocycles. The van der Waals surface area contributed by atoms with Crippen molar-refractivity contribution in [2.24, 2.45) is 0 Å². The zero-order valence-corrected chi connectivity index (χ0v) is 13.6. The highest BCUT2D eigenvalue weighted by atomic mass is 32.2. The molecule has 0 spiro atoms. The monoisotopic (exact) mass is 295 g/mol. The number of rotatable bonds is 6. The smallest absolute Gasteiger partial charge is 0.251 e. The van der Waals surface area contributed by atoms with Crippen LogP contribution in [0.3, 0.4) is 0 Å². The van der Waals surface area contributed by atoms with Gasteiger partial charge in [-0.2, -0.15) is 11.8 Å². The second-order valence-corrected chi connectivity index (χ2v) is 6.96. The van der Waals surface area contributed by atoms with Crippen molar-refractivity contribution in [2.45, 2.75) is 38.7 Å². The summed E-state index contributed by atoms with van der Waals surface area (Å²) in [5.41, 5.74) is 1.92. The molecule has 1 amide bonds. The van der Waals surface area contributed by atoms with Crippen molar-refractivity contribution in [3.05, 3.63) is 35.4 Å². The number of aliphatic hydroxyl groups excluding tert-OH is 1. The van der Waals surface area contributed by atoms with Gasteiger partial charge in [0.1, 0.15) is 0 Å². The van der Waals surface area contributed by atoms with Crippen LogP contribution in [0.5, 0.6) is 0 Å². The average molecular weight is 295 g/mol. The maximum atomic E-state index is 12.0. The van der Waals surface area contributed by atoms with Crippen LogP contribution in [0.25, 0.3) is 0 Å². The van der Waals surface area contributed by atoms with E-state index in [4.69, 9.17) is 0 Å². The summed E-state index contributed by atoms with van der Waals surface area (Å²) >= 11 is 1.69. The number of benzene rings is 1. The summed E-state index contributed by atoms with van der Waals surface area (Å²) in [4.78, 5) is 12.0. The van der Waals surface area contributed by atoms with Gasteiger partial charge in [0.15, 0.2) is 0 Å². The normalized spacial score (nSPS) is 13.1. The molecule has 2 N–H and O–H groups in total. The first-order valence-corrected chi connectivity index (χ1v) is 8.29. The Hall–Kier alpha value is -1.00. The Morgan fingerprint density at radius 2 is 1.90 bits per heavy atom. The van der Waals surface area contributed by atoms with Crippen LogP contribution in [0.1, 0.15) is 43.1 Å². The van der Waals surface area contributed by atoms with Crippen molar-refractivity contribution in [2.75, 3.05) is 18.6 Å². The van der Waals surface area contributed by atoms with Gasteiger partial charge in [-0.25, -0.2) is 0 Å². The SMILES string of the molecule is CSCCC(O)CNC(=O)c1ccc(C(C)(C)C)cc1. The number of aliphatic hydroxyl groups is 1. The minimum Gasteiger partial charge on any atom is -0.391 e. The van der Waals surface area contributed by atoms with Crippen LogP contribution in [0, 0.1) is 0 Å². The molecule has 1 aromatic rings. The maximum absolute atomic E-state index is 12.0. The van der Waals surface area contributed by atoms with E-state index in [0.29, 0.717) is 18.5 Å². The van der Waals surface area contributed by atoms with Crippen molar-refractivity contribution in [3.8, 4) is 0 Å². The van der Waals surface area contributed by atoms with Crippen LogP contribution >= 0.6 is 11.8 Å². The first-order chi connectivity index (χ1) is 9.34. The number of hydrogen-bond acceptors (Lipinski definition) is 3. The quantitative estimate of drug-likeness (QED) is 0.848. The van der Waals surface area contributed by atoms with Gasteiger partial charge in [0, 0.05) is 12.1 Å². The topological polar surface area (TPSA) is 49.3 Å². The zero-order valence-electron chi connectivity index (χ0n) is 12.8. The number of carbonyl (C=O) groups is 1. The largest absolute Gasteiger partial charge is 0.391 e. The van der Waals surface area contributed by atoms with Gasteiger partial charge in [-0.05, 0) is 41.5 Å². The molecule has 0 aliphatic carbocycles. The Bertz CT molecular complexity index is 423. The molecule has 1 atom stereocenters. The predicted octanol–water partition coefficient (Wildman–Crippen LogP) is 2.83. The lowest BCUT2D eigenvalue weighted by atomic mass is 9.87. The summed E-state index contributed by atoms with van der Waals surface area (Å²) in [5.74, 6) is 0.769. The van der Waals surface area contributed by atoms with Crippen molar-refractivity contribution >= 4 is 17.7 Å². The van der Waals surface area contributed by atoms with Crippen LogP contribution in [0.2, 0.25) is 0 Å². The molecule has 112 valence electrons. The van der Waals surface area contributed by atoms with Crippen molar-refractivity contribution in [3.63, 3.8) is 0 Å². The second kappa shape index (κ2) is 7.70. The lowest BCUT2D eigenvalue weighted by molar-refractivity contribution is 0.0914. The summed E-state index contributed by atoms with van der Waals surface area (Å²) in [6.07, 6.45) is 2.23. The van der Waals surface area contributed by atoms with Gasteiger partial charge in [0.2, 0.25) is 0 Å². The molecule has 4 heteroatoms. The summed E-state index contributed by atoms with van der Waals surface area (Å²) < 4.78 is 0. The first-order valence-electron chi connectivity index (χ1n) is 6.90. The van der Waals surface area contributed by atoms with E-state index in [1.165, 1.54) is 5.56 Å². The Balaban J connectivity index is 2.52. The van der Waals surface area contributed by atoms with E-state index >= 15 is 0 Å². The Morgan fingerprint density at radius 1 is 1.30 bits per heavy atom. The van der Waals surface area contributed by atoms with Crippen LogP contribution in [-0.4, -0.2) is 35.7 Å². The third-order valence-electron chi connectivity index (χ3n) is 3.17. The number of hydrogen-bond donors (Lipinski definition) is 2. The van der Waals surface area contributed by atoms with Crippen molar-refractivity contribution in [1.29, 1.82) is 0 Å². The highest BCUT2D eigenvalue weighted by Gasteiger charge is 2.14. The summed E-state index contributed by atoms with van der Waals surface area (Å²) in [5, 5.41) is 12.5. The van der Waals surface area contributed by atoms with E-state index in [0.717, 1.165) is 5.75 Å². The average Bonchev–Trinajstić information content (AvgIpc) is 2.41. The molecule has 0 aromatic heterocycles. The number of carbonyl (C=O) groups excluding carboxylic acids is 1. The van der Waals surface area contributed by atoms with E-state index in [1.54, 1.807) is 11.8 Å². The van der Waals surface area contributed by atoms with Gasteiger partial charge in [-0.3, -0.25) is 4.79 Å². The van der Waals surface area contributed by atoms with Gasteiger partial charge < -0.3 is 10.4 Å². The Labute approximate surface area is 126 Å². The molecule has 0 fully saturated rings. The van der Waals surface area contributed by atoms with E-state index < -0.39 is 6.10 Å². The fourth-order valence-corrected chi connectivity index (χ4v) is 2.30. The molecule has 0 saturated heterocycles. The Morgan fingerprint density at radius 3 is 2.40 bits per heavy atom. The zero-order chi connectivity index (χ0) is 15.2. The molecular weight excluding hydrogens is 270 g/mol. The third kappa shape index (κ3) is 5.55. The maximum Gasteiger partial charge on any atom is 0.251 e. The molecule has 0 aliphatic heterocycles. The summed E-state index contributed by atoms with van der Waals surface area (Å²) in [6, 6.07) is 7.65. The van der Waals surface area contributed by atoms with Gasteiger partial charge >= 0.3 is 0 Å². The molecule has 1 unspecified atom stereocenters. The van der Waals surface area contributed by atoms with E-state index in [9.17, 15) is 9.90 Å². The van der Waals surface area contributed by atoms with E-state index in [-0.39, 0.29) is 11.3 Å². The fraction of sp³-hybridized carbons (Fsp3) is 0.562. The summed E-state index contributed by atoms with van der Waals surface area (Å²) in [7, 11) is 0. The van der Waals surface area contributed by atoms with Crippen molar-refractivity contribution in [1.82, 2.24) is 5.32 Å². The fourth-order valence-electron chi connectivity index (χ4n) is 1.79. The highest BCUT2D eigenvalue weighted by Crippen LogP contribution is 2.22. The number of thioether (sulfide) groups is 1.